The number of nitrogens with one attached hydrogen (secondary N) is 1. The van der Waals surface area contributed by atoms with E-state index in [-0.39, 0.29) is 18.4 Å². The van der Waals surface area contributed by atoms with E-state index in [1.54, 1.807) is 6.20 Å². The molecular formula is C13H14ClN3OS. The molecule has 19 heavy (non-hydrogen) atoms. The highest BCUT2D eigenvalue weighted by molar-refractivity contribution is 7.09. The Labute approximate surface area is 120 Å². The molecule has 2 aromatic heterocycles. The Morgan fingerprint density at radius 1 is 1.53 bits per heavy atom. The fourth-order valence-electron chi connectivity index (χ4n) is 1.63. The first-order valence-corrected chi connectivity index (χ1v) is 7.30. The van der Waals surface area contributed by atoms with E-state index in [0.29, 0.717) is 5.88 Å². The number of hydrogen-bond acceptors (Lipinski definition) is 4. The average molecular weight is 296 g/mol. The van der Waals surface area contributed by atoms with Gasteiger partial charge < -0.3 is 5.32 Å². The van der Waals surface area contributed by atoms with Gasteiger partial charge >= 0.3 is 0 Å². The number of carbonyl (C=O) groups excluding carboxylic acids is 1. The minimum Gasteiger partial charge on any atom is -0.348 e. The van der Waals surface area contributed by atoms with Gasteiger partial charge in [0.2, 0.25) is 5.91 Å². The van der Waals surface area contributed by atoms with Crippen LogP contribution in [0.15, 0.2) is 29.8 Å². The van der Waals surface area contributed by atoms with Gasteiger partial charge in [-0.1, -0.05) is 6.07 Å². The third-order valence-corrected chi connectivity index (χ3v) is 3.73. The van der Waals surface area contributed by atoms with E-state index in [2.05, 4.69) is 15.3 Å². The van der Waals surface area contributed by atoms with Crippen molar-refractivity contribution in [2.24, 2.45) is 0 Å². The summed E-state index contributed by atoms with van der Waals surface area (Å²) >= 11 is 7.13. The summed E-state index contributed by atoms with van der Waals surface area (Å²) in [6, 6.07) is 5.53. The first-order chi connectivity index (χ1) is 9.19. The van der Waals surface area contributed by atoms with Crippen LogP contribution >= 0.6 is 22.9 Å². The largest absolute Gasteiger partial charge is 0.348 e. The number of thiazole rings is 1. The number of alkyl halides is 1. The van der Waals surface area contributed by atoms with Crippen LogP contribution in [0.25, 0.3) is 0 Å². The minimum atomic E-state index is -0.110. The smallest absolute Gasteiger partial charge is 0.227 e. The van der Waals surface area contributed by atoms with Gasteiger partial charge in [0.15, 0.2) is 0 Å². The van der Waals surface area contributed by atoms with Crippen molar-refractivity contribution in [3.8, 4) is 0 Å². The van der Waals surface area contributed by atoms with Crippen LogP contribution in [0.5, 0.6) is 0 Å². The molecule has 0 bridgehead atoms. The number of carbonyl (C=O) groups is 1. The molecule has 0 aromatic carbocycles. The molecule has 2 heterocycles. The van der Waals surface area contributed by atoms with Crippen molar-refractivity contribution in [3.63, 3.8) is 0 Å². The molecule has 0 aliphatic carbocycles. The molecule has 1 atom stereocenters. The standard InChI is InChI=1S/C13H14ClN3OS/c1-9(11-4-2-3-5-15-11)16-12(18)6-13-17-10(7-14)8-19-13/h2-5,8-9H,6-7H2,1H3,(H,16,18). The van der Waals surface area contributed by atoms with Crippen LogP contribution in [0, 0.1) is 0 Å². The van der Waals surface area contributed by atoms with Crippen molar-refractivity contribution in [3.05, 3.63) is 46.2 Å². The third-order valence-electron chi connectivity index (χ3n) is 2.56. The third kappa shape index (κ3) is 4.01. The van der Waals surface area contributed by atoms with E-state index in [1.165, 1.54) is 11.3 Å². The van der Waals surface area contributed by atoms with Crippen LogP contribution in [0.4, 0.5) is 0 Å². The monoisotopic (exact) mass is 295 g/mol. The summed E-state index contributed by atoms with van der Waals surface area (Å²) < 4.78 is 0. The van der Waals surface area contributed by atoms with Crippen LogP contribution in [0.1, 0.15) is 29.4 Å². The zero-order valence-corrected chi connectivity index (χ0v) is 12.0. The zero-order valence-electron chi connectivity index (χ0n) is 10.5. The van der Waals surface area contributed by atoms with Gasteiger partial charge in [-0.2, -0.15) is 0 Å². The van der Waals surface area contributed by atoms with Gasteiger partial charge in [0, 0.05) is 11.6 Å². The normalized spacial score (nSPS) is 12.1. The molecule has 0 spiro atoms. The maximum Gasteiger partial charge on any atom is 0.227 e. The first kappa shape index (κ1) is 14.0. The predicted octanol–water partition coefficient (Wildman–Crippen LogP) is 2.70. The van der Waals surface area contributed by atoms with E-state index in [0.717, 1.165) is 16.4 Å². The highest BCUT2D eigenvalue weighted by Gasteiger charge is 2.12. The molecule has 1 amide bonds. The van der Waals surface area contributed by atoms with Gasteiger partial charge in [0.05, 0.1) is 29.7 Å². The lowest BCUT2D eigenvalue weighted by atomic mass is 10.2. The Balaban J connectivity index is 1.91. The van der Waals surface area contributed by atoms with Crippen LogP contribution in [0.3, 0.4) is 0 Å². The molecule has 0 saturated carbocycles. The molecule has 2 aromatic rings. The average Bonchev–Trinajstić information content (AvgIpc) is 2.87. The molecule has 0 saturated heterocycles. The van der Waals surface area contributed by atoms with Crippen LogP contribution in [0.2, 0.25) is 0 Å². The summed E-state index contributed by atoms with van der Waals surface area (Å²) in [7, 11) is 0. The summed E-state index contributed by atoms with van der Waals surface area (Å²) in [6.07, 6.45) is 1.99. The Kier molecular flexibility index (Phi) is 4.87. The molecule has 6 heteroatoms. The molecule has 0 aliphatic heterocycles. The summed E-state index contributed by atoms with van der Waals surface area (Å²) in [5.74, 6) is 0.316. The number of rotatable bonds is 5. The minimum absolute atomic E-state index is 0.0615. The zero-order chi connectivity index (χ0) is 13.7. The summed E-state index contributed by atoms with van der Waals surface area (Å²) in [5, 5.41) is 5.56. The summed E-state index contributed by atoms with van der Waals surface area (Å²) in [4.78, 5) is 20.4. The van der Waals surface area contributed by atoms with E-state index >= 15 is 0 Å². The van der Waals surface area contributed by atoms with Crippen molar-refractivity contribution in [1.82, 2.24) is 15.3 Å². The molecule has 0 fully saturated rings. The van der Waals surface area contributed by atoms with Crippen LogP contribution in [-0.2, 0) is 17.1 Å². The van der Waals surface area contributed by atoms with E-state index in [4.69, 9.17) is 11.6 Å². The molecule has 1 N–H and O–H groups in total. The van der Waals surface area contributed by atoms with Crippen molar-refractivity contribution in [2.75, 3.05) is 0 Å². The molecular weight excluding hydrogens is 282 g/mol. The lowest BCUT2D eigenvalue weighted by molar-refractivity contribution is -0.121. The van der Waals surface area contributed by atoms with Crippen molar-refractivity contribution < 1.29 is 4.79 Å². The lowest BCUT2D eigenvalue weighted by Gasteiger charge is -2.12. The Morgan fingerprint density at radius 2 is 2.37 bits per heavy atom. The van der Waals surface area contributed by atoms with Crippen molar-refractivity contribution >= 4 is 28.8 Å². The number of aromatic nitrogens is 2. The second kappa shape index (κ2) is 6.63. The first-order valence-electron chi connectivity index (χ1n) is 5.88. The highest BCUT2D eigenvalue weighted by Crippen LogP contribution is 2.13. The van der Waals surface area contributed by atoms with Gasteiger partial charge in [-0.3, -0.25) is 9.78 Å². The van der Waals surface area contributed by atoms with E-state index in [1.807, 2.05) is 30.5 Å². The number of pyridine rings is 1. The van der Waals surface area contributed by atoms with Crippen LogP contribution in [-0.4, -0.2) is 15.9 Å². The number of hydrogen-bond donors (Lipinski definition) is 1. The summed E-state index contributed by atoms with van der Waals surface area (Å²) in [6.45, 7) is 1.91. The number of nitrogens with zero attached hydrogens (tertiary/aromatic N) is 2. The fraction of sp³-hybridized carbons (Fsp3) is 0.308. The maximum atomic E-state index is 11.9. The Hall–Kier alpha value is -1.46. The molecule has 1 unspecified atom stereocenters. The number of halogens is 1. The van der Waals surface area contributed by atoms with E-state index < -0.39 is 0 Å². The van der Waals surface area contributed by atoms with Gasteiger partial charge in [-0.05, 0) is 19.1 Å². The fourth-order valence-corrected chi connectivity index (χ4v) is 2.65. The Bertz CT molecular complexity index is 544. The topological polar surface area (TPSA) is 54.9 Å². The van der Waals surface area contributed by atoms with Gasteiger partial charge in [0.1, 0.15) is 5.01 Å². The second-order valence-corrected chi connectivity index (χ2v) is 5.30. The lowest BCUT2D eigenvalue weighted by Crippen LogP contribution is -2.28. The van der Waals surface area contributed by atoms with Crippen LogP contribution < -0.4 is 5.32 Å². The van der Waals surface area contributed by atoms with Crippen molar-refractivity contribution in [1.29, 1.82) is 0 Å². The van der Waals surface area contributed by atoms with E-state index in [9.17, 15) is 4.79 Å². The number of amides is 1. The molecule has 100 valence electrons. The molecule has 2 rings (SSSR count). The molecule has 0 radical (unpaired) electrons. The molecule has 0 aliphatic rings. The molecule has 4 nitrogen and oxygen atoms in total. The second-order valence-electron chi connectivity index (χ2n) is 4.09. The predicted molar refractivity (Wildman–Crippen MR) is 76.2 cm³/mol. The van der Waals surface area contributed by atoms with Gasteiger partial charge in [-0.15, -0.1) is 22.9 Å². The maximum absolute atomic E-state index is 11.9. The van der Waals surface area contributed by atoms with Gasteiger partial charge in [0.25, 0.3) is 0 Å². The summed E-state index contributed by atoms with van der Waals surface area (Å²) in [5.41, 5.74) is 1.66. The Morgan fingerprint density at radius 3 is 3.00 bits per heavy atom. The SMILES string of the molecule is CC(NC(=O)Cc1nc(CCl)cs1)c1ccccn1. The quantitative estimate of drug-likeness (QED) is 0.863. The van der Waals surface area contributed by atoms with Gasteiger partial charge in [-0.25, -0.2) is 4.98 Å². The van der Waals surface area contributed by atoms with Crippen molar-refractivity contribution in [2.45, 2.75) is 25.3 Å². The highest BCUT2D eigenvalue weighted by atomic mass is 35.5.